The number of rotatable bonds is 8. The molecule has 1 atom stereocenters. The van der Waals surface area contributed by atoms with Crippen molar-refractivity contribution in [1.82, 2.24) is 4.90 Å². The molecule has 0 spiro atoms. The third-order valence-corrected chi connectivity index (χ3v) is 5.17. The molecule has 1 amide bonds. The fraction of sp³-hybridized carbons (Fsp3) is 0.353. The van der Waals surface area contributed by atoms with Crippen LogP contribution in [0.2, 0.25) is 10.0 Å². The van der Waals surface area contributed by atoms with Crippen LogP contribution in [-0.4, -0.2) is 36.3 Å². The van der Waals surface area contributed by atoms with Crippen LogP contribution >= 0.6 is 35.0 Å². The summed E-state index contributed by atoms with van der Waals surface area (Å²) in [5.74, 6) is 0.724. The smallest absolute Gasteiger partial charge is 0.236 e. The number of ether oxygens (including phenoxy) is 1. The Labute approximate surface area is 156 Å². The van der Waals surface area contributed by atoms with Gasteiger partial charge in [-0.05, 0) is 37.3 Å². The Morgan fingerprint density at radius 2 is 2.17 bits per heavy atom. The molecule has 0 bridgehead atoms. The minimum absolute atomic E-state index is 0.00973. The van der Waals surface area contributed by atoms with Gasteiger partial charge in [0.2, 0.25) is 5.91 Å². The maximum Gasteiger partial charge on any atom is 0.236 e. The zero-order chi connectivity index (χ0) is 17.5. The van der Waals surface area contributed by atoms with Gasteiger partial charge in [-0.15, -0.1) is 11.8 Å². The Kier molecular flexibility index (Phi) is 7.49. The lowest BCUT2D eigenvalue weighted by molar-refractivity contribution is -0.131. The molecule has 0 N–H and O–H groups in total. The number of carbonyl (C=O) groups is 1. The molecule has 130 valence electrons. The normalized spacial score (nSPS) is 12.2. The quantitative estimate of drug-likeness (QED) is 0.613. The molecule has 0 radical (unpaired) electrons. The minimum atomic E-state index is -0.312. The van der Waals surface area contributed by atoms with Gasteiger partial charge in [0.05, 0.1) is 29.7 Å². The van der Waals surface area contributed by atoms with Crippen LogP contribution in [0.15, 0.2) is 45.9 Å². The lowest BCUT2D eigenvalue weighted by atomic mass is 10.3. The van der Waals surface area contributed by atoms with Gasteiger partial charge in [0.25, 0.3) is 0 Å². The van der Waals surface area contributed by atoms with Crippen LogP contribution in [0.1, 0.15) is 12.7 Å². The highest BCUT2D eigenvalue weighted by Crippen LogP contribution is 2.33. The maximum absolute atomic E-state index is 12.8. The van der Waals surface area contributed by atoms with E-state index >= 15 is 0 Å². The summed E-state index contributed by atoms with van der Waals surface area (Å²) in [6, 6.07) is 8.87. The highest BCUT2D eigenvalue weighted by atomic mass is 35.5. The van der Waals surface area contributed by atoms with Crippen molar-refractivity contribution >= 4 is 40.9 Å². The molecule has 2 rings (SSSR count). The molecule has 1 aromatic carbocycles. The van der Waals surface area contributed by atoms with E-state index in [-0.39, 0.29) is 11.2 Å². The summed E-state index contributed by atoms with van der Waals surface area (Å²) in [7, 11) is 1.61. The number of benzene rings is 1. The number of hydrogen-bond acceptors (Lipinski definition) is 4. The number of methoxy groups -OCH3 is 1. The summed E-state index contributed by atoms with van der Waals surface area (Å²) in [6.45, 7) is 3.21. The first-order valence-electron chi connectivity index (χ1n) is 7.43. The van der Waals surface area contributed by atoms with Gasteiger partial charge in [-0.3, -0.25) is 4.79 Å². The van der Waals surface area contributed by atoms with Crippen molar-refractivity contribution in [3.8, 4) is 0 Å². The Morgan fingerprint density at radius 3 is 2.83 bits per heavy atom. The number of furan rings is 1. The minimum Gasteiger partial charge on any atom is -0.467 e. The SMILES string of the molecule is COCCN(Cc1ccco1)C(=O)C(C)Sc1cc(Cl)ccc1Cl. The zero-order valence-corrected chi connectivity index (χ0v) is 15.8. The molecule has 0 fully saturated rings. The van der Waals surface area contributed by atoms with Gasteiger partial charge < -0.3 is 14.1 Å². The highest BCUT2D eigenvalue weighted by molar-refractivity contribution is 8.00. The number of nitrogens with zero attached hydrogens (tertiary/aromatic N) is 1. The second-order valence-corrected chi connectivity index (χ2v) is 7.39. The molecule has 2 aromatic rings. The van der Waals surface area contributed by atoms with E-state index in [0.29, 0.717) is 29.7 Å². The molecule has 0 aliphatic heterocycles. The Bertz CT molecular complexity index is 664. The third kappa shape index (κ3) is 5.45. The van der Waals surface area contributed by atoms with Gasteiger partial charge in [-0.2, -0.15) is 0 Å². The van der Waals surface area contributed by atoms with E-state index in [0.717, 1.165) is 10.7 Å². The molecule has 7 heteroatoms. The van der Waals surface area contributed by atoms with E-state index in [1.165, 1.54) is 11.8 Å². The fourth-order valence-electron chi connectivity index (χ4n) is 2.12. The van der Waals surface area contributed by atoms with Gasteiger partial charge in [0.15, 0.2) is 0 Å². The molecular weight excluding hydrogens is 369 g/mol. The molecule has 1 heterocycles. The van der Waals surface area contributed by atoms with E-state index in [9.17, 15) is 4.79 Å². The fourth-order valence-corrected chi connectivity index (χ4v) is 3.62. The second kappa shape index (κ2) is 9.37. The van der Waals surface area contributed by atoms with Crippen LogP contribution in [0, 0.1) is 0 Å². The Hall–Kier alpha value is -1.14. The van der Waals surface area contributed by atoms with Gasteiger partial charge in [-0.25, -0.2) is 0 Å². The van der Waals surface area contributed by atoms with Crippen molar-refractivity contribution in [3.05, 3.63) is 52.4 Å². The number of carbonyl (C=O) groups excluding carboxylic acids is 1. The van der Waals surface area contributed by atoms with Crippen molar-refractivity contribution in [2.24, 2.45) is 0 Å². The summed E-state index contributed by atoms with van der Waals surface area (Å²) in [6.07, 6.45) is 1.60. The summed E-state index contributed by atoms with van der Waals surface area (Å²) >= 11 is 13.6. The maximum atomic E-state index is 12.8. The summed E-state index contributed by atoms with van der Waals surface area (Å²) in [5, 5.41) is 0.861. The predicted molar refractivity (Wildman–Crippen MR) is 97.8 cm³/mol. The van der Waals surface area contributed by atoms with Crippen LogP contribution in [0.25, 0.3) is 0 Å². The van der Waals surface area contributed by atoms with Crippen LogP contribution in [0.5, 0.6) is 0 Å². The van der Waals surface area contributed by atoms with Crippen molar-refractivity contribution in [2.75, 3.05) is 20.3 Å². The van der Waals surface area contributed by atoms with Crippen molar-refractivity contribution < 1.29 is 13.9 Å². The van der Waals surface area contributed by atoms with Crippen LogP contribution in [-0.2, 0) is 16.1 Å². The topological polar surface area (TPSA) is 42.7 Å². The molecule has 0 aliphatic carbocycles. The predicted octanol–water partition coefficient (Wildman–Crippen LogP) is 4.74. The van der Waals surface area contributed by atoms with Gasteiger partial charge in [0, 0.05) is 23.6 Å². The number of amides is 1. The van der Waals surface area contributed by atoms with E-state index in [1.54, 1.807) is 42.5 Å². The van der Waals surface area contributed by atoms with Crippen LogP contribution < -0.4 is 0 Å². The first-order chi connectivity index (χ1) is 11.5. The molecule has 1 unspecified atom stereocenters. The molecule has 0 aliphatic rings. The molecule has 0 saturated heterocycles. The first kappa shape index (κ1) is 19.2. The monoisotopic (exact) mass is 387 g/mol. The summed E-state index contributed by atoms with van der Waals surface area (Å²) < 4.78 is 10.5. The number of hydrogen-bond donors (Lipinski definition) is 0. The Balaban J connectivity index is 2.07. The van der Waals surface area contributed by atoms with Crippen molar-refractivity contribution in [2.45, 2.75) is 23.6 Å². The largest absolute Gasteiger partial charge is 0.467 e. The van der Waals surface area contributed by atoms with Gasteiger partial charge >= 0.3 is 0 Å². The third-order valence-electron chi connectivity index (χ3n) is 3.35. The molecule has 0 saturated carbocycles. The van der Waals surface area contributed by atoms with Gasteiger partial charge in [-0.1, -0.05) is 23.2 Å². The average molecular weight is 388 g/mol. The van der Waals surface area contributed by atoms with Crippen molar-refractivity contribution in [1.29, 1.82) is 0 Å². The lowest BCUT2D eigenvalue weighted by Gasteiger charge is -2.24. The van der Waals surface area contributed by atoms with Crippen LogP contribution in [0.4, 0.5) is 0 Å². The van der Waals surface area contributed by atoms with E-state index < -0.39 is 0 Å². The molecule has 24 heavy (non-hydrogen) atoms. The average Bonchev–Trinajstić information content (AvgIpc) is 3.07. The zero-order valence-electron chi connectivity index (χ0n) is 13.5. The van der Waals surface area contributed by atoms with E-state index in [1.807, 2.05) is 13.0 Å². The standard InChI is InChI=1S/C17H19Cl2NO3S/c1-12(24-16-10-13(18)5-6-15(16)19)17(21)20(7-9-22-2)11-14-4-3-8-23-14/h3-6,8,10,12H,7,9,11H2,1-2H3. The summed E-state index contributed by atoms with van der Waals surface area (Å²) in [5.41, 5.74) is 0. The lowest BCUT2D eigenvalue weighted by Crippen LogP contribution is -2.38. The summed E-state index contributed by atoms with van der Waals surface area (Å²) in [4.78, 5) is 15.3. The first-order valence-corrected chi connectivity index (χ1v) is 9.06. The Morgan fingerprint density at radius 1 is 1.38 bits per heavy atom. The van der Waals surface area contributed by atoms with E-state index in [4.69, 9.17) is 32.4 Å². The molecular formula is C17H19Cl2NO3S. The van der Waals surface area contributed by atoms with Gasteiger partial charge in [0.1, 0.15) is 5.76 Å². The highest BCUT2D eigenvalue weighted by Gasteiger charge is 2.23. The van der Waals surface area contributed by atoms with Crippen molar-refractivity contribution in [3.63, 3.8) is 0 Å². The van der Waals surface area contributed by atoms with E-state index in [2.05, 4.69) is 0 Å². The number of thioether (sulfide) groups is 1. The second-order valence-electron chi connectivity index (χ2n) is 5.17. The molecule has 4 nitrogen and oxygen atoms in total. The number of halogens is 2. The van der Waals surface area contributed by atoms with Crippen LogP contribution in [0.3, 0.4) is 0 Å². The molecule has 1 aromatic heterocycles.